The van der Waals surface area contributed by atoms with Gasteiger partial charge in [0, 0.05) is 18.7 Å². The van der Waals surface area contributed by atoms with Crippen LogP contribution in [0.25, 0.3) is 0 Å². The number of methoxy groups -OCH3 is 1. The van der Waals surface area contributed by atoms with E-state index in [4.69, 9.17) is 9.47 Å². The predicted octanol–water partition coefficient (Wildman–Crippen LogP) is 2.30. The van der Waals surface area contributed by atoms with Crippen LogP contribution in [0.4, 0.5) is 0 Å². The molecular weight excluding hydrogens is 254 g/mol. The molecule has 0 atom stereocenters. The van der Waals surface area contributed by atoms with Crippen molar-refractivity contribution in [2.45, 2.75) is 26.3 Å². The number of hydrogen-bond donors (Lipinski definition) is 0. The van der Waals surface area contributed by atoms with Crippen LogP contribution in [-0.2, 0) is 4.74 Å². The molecule has 1 fully saturated rings. The minimum Gasteiger partial charge on any atom is -0.497 e. The summed E-state index contributed by atoms with van der Waals surface area (Å²) in [6.07, 6.45) is 0. The van der Waals surface area contributed by atoms with Crippen molar-refractivity contribution in [3.05, 3.63) is 29.3 Å². The summed E-state index contributed by atoms with van der Waals surface area (Å²) in [6.45, 7) is 8.91. The highest BCUT2D eigenvalue weighted by atomic mass is 16.5. The van der Waals surface area contributed by atoms with Gasteiger partial charge in [0.2, 0.25) is 0 Å². The van der Waals surface area contributed by atoms with Crippen LogP contribution >= 0.6 is 0 Å². The molecule has 1 aromatic carbocycles. The van der Waals surface area contributed by atoms with E-state index in [-0.39, 0.29) is 5.78 Å². The van der Waals surface area contributed by atoms with Gasteiger partial charge in [-0.1, -0.05) is 0 Å². The minimum atomic E-state index is -0.511. The van der Waals surface area contributed by atoms with E-state index in [1.165, 1.54) is 0 Å². The molecule has 1 aliphatic rings. The number of nitrogens with zero attached hydrogens (tertiary/aromatic N) is 1. The summed E-state index contributed by atoms with van der Waals surface area (Å²) in [7, 11) is 1.63. The standard InChI is InChI=1S/C16H23NO3/c1-12-11-13(19-4)5-6-14(12)15(18)16(2,3)17-7-9-20-10-8-17/h5-6,11H,7-10H2,1-4H3. The van der Waals surface area contributed by atoms with Crippen LogP contribution in [0.2, 0.25) is 0 Å². The van der Waals surface area contributed by atoms with Crippen molar-refractivity contribution >= 4 is 5.78 Å². The predicted molar refractivity (Wildman–Crippen MR) is 78.5 cm³/mol. The number of Topliss-reactive ketones (excluding diaryl/α,β-unsaturated/α-hetero) is 1. The summed E-state index contributed by atoms with van der Waals surface area (Å²) < 4.78 is 10.6. The summed E-state index contributed by atoms with van der Waals surface area (Å²) in [6, 6.07) is 5.61. The quantitative estimate of drug-likeness (QED) is 0.792. The number of rotatable bonds is 4. The van der Waals surface area contributed by atoms with E-state index in [1.54, 1.807) is 7.11 Å². The molecule has 0 aromatic heterocycles. The zero-order valence-corrected chi connectivity index (χ0v) is 12.7. The van der Waals surface area contributed by atoms with Crippen molar-refractivity contribution in [3.8, 4) is 5.75 Å². The van der Waals surface area contributed by atoms with Crippen LogP contribution in [0.15, 0.2) is 18.2 Å². The molecule has 0 bridgehead atoms. The second kappa shape index (κ2) is 5.94. The van der Waals surface area contributed by atoms with Crippen molar-refractivity contribution in [2.75, 3.05) is 33.4 Å². The van der Waals surface area contributed by atoms with Gasteiger partial charge in [-0.25, -0.2) is 0 Å². The first kappa shape index (κ1) is 15.0. The molecule has 0 N–H and O–H groups in total. The topological polar surface area (TPSA) is 38.8 Å². The third kappa shape index (κ3) is 2.86. The van der Waals surface area contributed by atoms with Gasteiger partial charge < -0.3 is 9.47 Å². The number of carbonyl (C=O) groups is 1. The van der Waals surface area contributed by atoms with Gasteiger partial charge in [0.1, 0.15) is 5.75 Å². The Bertz CT molecular complexity index is 490. The Hall–Kier alpha value is -1.39. The number of ether oxygens (including phenoxy) is 2. The zero-order chi connectivity index (χ0) is 14.8. The highest BCUT2D eigenvalue weighted by Crippen LogP contribution is 2.25. The normalized spacial score (nSPS) is 17.0. The summed E-state index contributed by atoms with van der Waals surface area (Å²) in [5.74, 6) is 0.933. The molecule has 0 spiro atoms. The molecule has 110 valence electrons. The smallest absolute Gasteiger partial charge is 0.182 e. The molecule has 1 aliphatic heterocycles. The molecule has 4 nitrogen and oxygen atoms in total. The van der Waals surface area contributed by atoms with Crippen LogP contribution in [0, 0.1) is 6.92 Å². The number of carbonyl (C=O) groups excluding carboxylic acids is 1. The van der Waals surface area contributed by atoms with Gasteiger partial charge in [-0.15, -0.1) is 0 Å². The van der Waals surface area contributed by atoms with Gasteiger partial charge in [0.25, 0.3) is 0 Å². The lowest BCUT2D eigenvalue weighted by molar-refractivity contribution is -0.00432. The monoisotopic (exact) mass is 277 g/mol. The maximum Gasteiger partial charge on any atom is 0.182 e. The van der Waals surface area contributed by atoms with Gasteiger partial charge in [-0.05, 0) is 44.5 Å². The fourth-order valence-electron chi connectivity index (χ4n) is 2.61. The molecule has 1 saturated heterocycles. The van der Waals surface area contributed by atoms with E-state index in [1.807, 2.05) is 39.0 Å². The first-order valence-electron chi connectivity index (χ1n) is 6.99. The Morgan fingerprint density at radius 1 is 1.30 bits per heavy atom. The number of morpholine rings is 1. The molecule has 1 aromatic rings. The molecule has 20 heavy (non-hydrogen) atoms. The summed E-state index contributed by atoms with van der Waals surface area (Å²) in [4.78, 5) is 15.1. The molecule has 0 amide bonds. The minimum absolute atomic E-state index is 0.152. The third-order valence-corrected chi connectivity index (χ3v) is 4.04. The van der Waals surface area contributed by atoms with Gasteiger partial charge >= 0.3 is 0 Å². The lowest BCUT2D eigenvalue weighted by Gasteiger charge is -2.39. The zero-order valence-electron chi connectivity index (χ0n) is 12.7. The van der Waals surface area contributed by atoms with E-state index in [0.717, 1.165) is 30.0 Å². The third-order valence-electron chi connectivity index (χ3n) is 4.04. The highest BCUT2D eigenvalue weighted by molar-refractivity contribution is 6.03. The molecule has 0 radical (unpaired) electrons. The number of hydrogen-bond acceptors (Lipinski definition) is 4. The average molecular weight is 277 g/mol. The van der Waals surface area contributed by atoms with Crippen molar-refractivity contribution in [1.82, 2.24) is 4.90 Å². The molecule has 2 rings (SSSR count). The van der Waals surface area contributed by atoms with E-state index in [0.29, 0.717) is 13.2 Å². The lowest BCUT2D eigenvalue weighted by atomic mass is 9.88. The Morgan fingerprint density at radius 2 is 1.95 bits per heavy atom. The SMILES string of the molecule is COc1ccc(C(=O)C(C)(C)N2CCOCC2)c(C)c1. The highest BCUT2D eigenvalue weighted by Gasteiger charge is 2.36. The van der Waals surface area contributed by atoms with Crippen molar-refractivity contribution in [1.29, 1.82) is 0 Å². The molecule has 1 heterocycles. The van der Waals surface area contributed by atoms with Gasteiger partial charge in [0.15, 0.2) is 5.78 Å². The largest absolute Gasteiger partial charge is 0.497 e. The lowest BCUT2D eigenvalue weighted by Crippen LogP contribution is -2.54. The fraction of sp³-hybridized carbons (Fsp3) is 0.562. The second-order valence-electron chi connectivity index (χ2n) is 5.67. The fourth-order valence-corrected chi connectivity index (χ4v) is 2.61. The Balaban J connectivity index is 2.25. The summed E-state index contributed by atoms with van der Waals surface area (Å²) >= 11 is 0. The van der Waals surface area contributed by atoms with Gasteiger partial charge in [-0.2, -0.15) is 0 Å². The maximum absolute atomic E-state index is 12.9. The van der Waals surface area contributed by atoms with Gasteiger partial charge in [-0.3, -0.25) is 9.69 Å². The Labute approximate surface area is 120 Å². The molecule has 0 saturated carbocycles. The first-order chi connectivity index (χ1) is 9.46. The second-order valence-corrected chi connectivity index (χ2v) is 5.67. The van der Waals surface area contributed by atoms with Crippen LogP contribution in [0.1, 0.15) is 29.8 Å². The van der Waals surface area contributed by atoms with Crippen molar-refractivity contribution in [2.24, 2.45) is 0 Å². The molecule has 4 heteroatoms. The first-order valence-corrected chi connectivity index (χ1v) is 6.99. The molecular formula is C16H23NO3. The number of ketones is 1. The number of benzene rings is 1. The van der Waals surface area contributed by atoms with E-state index in [2.05, 4.69) is 4.90 Å². The van der Waals surface area contributed by atoms with Gasteiger partial charge in [0.05, 0.1) is 25.9 Å². The van der Waals surface area contributed by atoms with Crippen LogP contribution < -0.4 is 4.74 Å². The molecule has 0 unspecified atom stereocenters. The van der Waals surface area contributed by atoms with E-state index < -0.39 is 5.54 Å². The van der Waals surface area contributed by atoms with Crippen LogP contribution in [0.5, 0.6) is 5.75 Å². The van der Waals surface area contributed by atoms with E-state index in [9.17, 15) is 4.79 Å². The summed E-state index contributed by atoms with van der Waals surface area (Å²) in [5.41, 5.74) is 1.21. The maximum atomic E-state index is 12.9. The average Bonchev–Trinajstić information content (AvgIpc) is 2.47. The Morgan fingerprint density at radius 3 is 2.50 bits per heavy atom. The van der Waals surface area contributed by atoms with Crippen molar-refractivity contribution < 1.29 is 14.3 Å². The van der Waals surface area contributed by atoms with Crippen LogP contribution in [0.3, 0.4) is 0 Å². The molecule has 0 aliphatic carbocycles. The van der Waals surface area contributed by atoms with E-state index >= 15 is 0 Å². The van der Waals surface area contributed by atoms with Crippen LogP contribution in [-0.4, -0.2) is 49.6 Å². The Kier molecular flexibility index (Phi) is 4.45. The summed E-state index contributed by atoms with van der Waals surface area (Å²) in [5, 5.41) is 0. The van der Waals surface area contributed by atoms with Crippen molar-refractivity contribution in [3.63, 3.8) is 0 Å². The number of aryl methyl sites for hydroxylation is 1.